The molecule has 0 N–H and O–H groups in total. The molecule has 3 rings (SSSR count). The molecule has 5 heteroatoms. The Labute approximate surface area is 140 Å². The highest BCUT2D eigenvalue weighted by Gasteiger charge is 2.15. The number of furan rings is 1. The molecule has 0 spiro atoms. The number of carbonyl (C=O) groups is 1. The van der Waals surface area contributed by atoms with Crippen molar-refractivity contribution in [2.45, 2.75) is 40.2 Å². The highest BCUT2D eigenvalue weighted by Crippen LogP contribution is 2.29. The van der Waals surface area contributed by atoms with Crippen molar-refractivity contribution in [2.24, 2.45) is 0 Å². The minimum Gasteiger partial charge on any atom is -0.460 e. The van der Waals surface area contributed by atoms with Gasteiger partial charge in [-0.3, -0.25) is 9.48 Å². The summed E-state index contributed by atoms with van der Waals surface area (Å²) in [5.41, 5.74) is 3.59. The molecule has 2 heterocycles. The number of benzene rings is 1. The second-order valence-electron chi connectivity index (χ2n) is 6.35. The summed E-state index contributed by atoms with van der Waals surface area (Å²) in [6.45, 7) is 8.00. The average molecular weight is 321 g/mol. The van der Waals surface area contributed by atoms with E-state index in [9.17, 15) is 10.1 Å². The van der Waals surface area contributed by atoms with Gasteiger partial charge >= 0.3 is 0 Å². The van der Waals surface area contributed by atoms with E-state index in [0.717, 1.165) is 28.0 Å². The van der Waals surface area contributed by atoms with E-state index < -0.39 is 0 Å². The molecule has 24 heavy (non-hydrogen) atoms. The Morgan fingerprint density at radius 2 is 2.08 bits per heavy atom. The van der Waals surface area contributed by atoms with Gasteiger partial charge in [-0.1, -0.05) is 13.8 Å². The standard InChI is InChI=1S/C19H19N3O2/c1-11(2)18-8-15-6-14(9-20)7-16(19(15)24-18)10-22-12(3)5-17(21-22)13(4)23/h5-8,11H,10H2,1-4H3. The Morgan fingerprint density at radius 3 is 2.67 bits per heavy atom. The molecule has 0 saturated carbocycles. The predicted octanol–water partition coefficient (Wildman–Crippen LogP) is 4.18. The minimum atomic E-state index is -0.0622. The number of Topliss-reactive ketones (excluding diaryl/α,β-unsaturated/α-hetero) is 1. The predicted molar refractivity (Wildman–Crippen MR) is 91.1 cm³/mol. The van der Waals surface area contributed by atoms with Gasteiger partial charge in [-0.2, -0.15) is 10.4 Å². The maximum Gasteiger partial charge on any atom is 0.179 e. The Balaban J connectivity index is 2.11. The lowest BCUT2D eigenvalue weighted by molar-refractivity contribution is 0.101. The van der Waals surface area contributed by atoms with Gasteiger partial charge in [0.15, 0.2) is 5.78 Å². The van der Waals surface area contributed by atoms with Crippen LogP contribution in [0.5, 0.6) is 0 Å². The van der Waals surface area contributed by atoms with Gasteiger partial charge in [0.05, 0.1) is 18.2 Å². The lowest BCUT2D eigenvalue weighted by Crippen LogP contribution is -2.05. The normalized spacial score (nSPS) is 11.2. The molecule has 0 radical (unpaired) electrons. The van der Waals surface area contributed by atoms with Crippen LogP contribution in [0, 0.1) is 18.3 Å². The zero-order valence-electron chi connectivity index (χ0n) is 14.3. The van der Waals surface area contributed by atoms with Crippen molar-refractivity contribution in [3.8, 4) is 6.07 Å². The van der Waals surface area contributed by atoms with Gasteiger partial charge in [-0.15, -0.1) is 0 Å². The van der Waals surface area contributed by atoms with Crippen LogP contribution in [0.1, 0.15) is 59.8 Å². The number of ketones is 1. The monoisotopic (exact) mass is 321 g/mol. The van der Waals surface area contributed by atoms with E-state index >= 15 is 0 Å². The molecule has 3 aromatic rings. The van der Waals surface area contributed by atoms with Crippen molar-refractivity contribution in [2.75, 3.05) is 0 Å². The van der Waals surface area contributed by atoms with Crippen molar-refractivity contribution in [3.05, 3.63) is 52.5 Å². The van der Waals surface area contributed by atoms with Crippen LogP contribution in [0.2, 0.25) is 0 Å². The summed E-state index contributed by atoms with van der Waals surface area (Å²) in [5.74, 6) is 1.10. The maximum atomic E-state index is 11.5. The van der Waals surface area contributed by atoms with E-state index in [1.54, 1.807) is 10.7 Å². The van der Waals surface area contributed by atoms with E-state index in [1.807, 2.05) is 25.1 Å². The lowest BCUT2D eigenvalue weighted by Gasteiger charge is -2.06. The minimum absolute atomic E-state index is 0.0622. The summed E-state index contributed by atoms with van der Waals surface area (Å²) in [7, 11) is 0. The van der Waals surface area contributed by atoms with E-state index in [0.29, 0.717) is 17.8 Å². The van der Waals surface area contributed by atoms with E-state index in [4.69, 9.17) is 4.42 Å². The summed E-state index contributed by atoms with van der Waals surface area (Å²) in [6, 6.07) is 9.62. The quantitative estimate of drug-likeness (QED) is 0.676. The van der Waals surface area contributed by atoms with Crippen LogP contribution in [0.25, 0.3) is 11.0 Å². The van der Waals surface area contributed by atoms with Crippen LogP contribution in [0.4, 0.5) is 0 Å². The average Bonchev–Trinajstić information content (AvgIpc) is 3.11. The number of hydrogen-bond donors (Lipinski definition) is 0. The number of fused-ring (bicyclic) bond motifs is 1. The summed E-state index contributed by atoms with van der Waals surface area (Å²) in [4.78, 5) is 11.5. The fourth-order valence-electron chi connectivity index (χ4n) is 2.72. The van der Waals surface area contributed by atoms with Gasteiger partial charge in [0.2, 0.25) is 0 Å². The first-order chi connectivity index (χ1) is 11.4. The number of aromatic nitrogens is 2. The smallest absolute Gasteiger partial charge is 0.179 e. The highest BCUT2D eigenvalue weighted by atomic mass is 16.3. The molecule has 0 aliphatic rings. The Bertz CT molecular complexity index is 971. The fraction of sp³-hybridized carbons (Fsp3) is 0.316. The van der Waals surface area contributed by atoms with Gasteiger partial charge in [-0.05, 0) is 31.2 Å². The molecule has 0 aliphatic carbocycles. The largest absolute Gasteiger partial charge is 0.460 e. The van der Waals surface area contributed by atoms with Crippen molar-refractivity contribution < 1.29 is 9.21 Å². The number of aryl methyl sites for hydroxylation is 1. The Kier molecular flexibility index (Phi) is 3.98. The molecular formula is C19H19N3O2. The Morgan fingerprint density at radius 1 is 1.33 bits per heavy atom. The second kappa shape index (κ2) is 5.97. The third-order valence-electron chi connectivity index (χ3n) is 4.07. The number of carbonyl (C=O) groups excluding carboxylic acids is 1. The number of rotatable bonds is 4. The zero-order chi connectivity index (χ0) is 17.4. The summed E-state index contributed by atoms with van der Waals surface area (Å²) < 4.78 is 7.78. The molecule has 0 bridgehead atoms. The third kappa shape index (κ3) is 2.83. The van der Waals surface area contributed by atoms with Gasteiger partial charge in [0.25, 0.3) is 0 Å². The fourth-order valence-corrected chi connectivity index (χ4v) is 2.72. The van der Waals surface area contributed by atoms with Crippen LogP contribution in [-0.2, 0) is 6.54 Å². The summed E-state index contributed by atoms with van der Waals surface area (Å²) in [5, 5.41) is 14.6. The number of hydrogen-bond acceptors (Lipinski definition) is 4. The SMILES string of the molecule is CC(=O)c1cc(C)n(Cc2cc(C#N)cc3cc(C(C)C)oc23)n1. The summed E-state index contributed by atoms with van der Waals surface area (Å²) >= 11 is 0. The lowest BCUT2D eigenvalue weighted by atomic mass is 10.1. The molecule has 0 atom stereocenters. The van der Waals surface area contributed by atoms with Crippen molar-refractivity contribution in [3.63, 3.8) is 0 Å². The molecule has 0 unspecified atom stereocenters. The maximum absolute atomic E-state index is 11.5. The zero-order valence-corrected chi connectivity index (χ0v) is 14.3. The van der Waals surface area contributed by atoms with E-state index in [2.05, 4.69) is 25.0 Å². The van der Waals surface area contributed by atoms with Crippen LogP contribution in [-0.4, -0.2) is 15.6 Å². The molecule has 0 saturated heterocycles. The first-order valence-electron chi connectivity index (χ1n) is 7.91. The van der Waals surface area contributed by atoms with Gasteiger partial charge in [0.1, 0.15) is 17.0 Å². The number of nitriles is 1. The van der Waals surface area contributed by atoms with Gasteiger partial charge in [-0.25, -0.2) is 0 Å². The third-order valence-corrected chi connectivity index (χ3v) is 4.07. The molecule has 0 fully saturated rings. The van der Waals surface area contributed by atoms with Crippen LogP contribution in [0.15, 0.2) is 28.7 Å². The van der Waals surface area contributed by atoms with Crippen LogP contribution in [0.3, 0.4) is 0 Å². The molecule has 1 aromatic carbocycles. The molecule has 2 aromatic heterocycles. The van der Waals surface area contributed by atoms with Crippen molar-refractivity contribution in [1.82, 2.24) is 9.78 Å². The first-order valence-corrected chi connectivity index (χ1v) is 7.91. The topological polar surface area (TPSA) is 71.8 Å². The van der Waals surface area contributed by atoms with Gasteiger partial charge < -0.3 is 4.42 Å². The molecule has 5 nitrogen and oxygen atoms in total. The Hall–Kier alpha value is -2.87. The first kappa shape index (κ1) is 16.0. The summed E-state index contributed by atoms with van der Waals surface area (Å²) in [6.07, 6.45) is 0. The number of nitrogens with zero attached hydrogens (tertiary/aromatic N) is 3. The van der Waals surface area contributed by atoms with E-state index in [1.165, 1.54) is 6.92 Å². The van der Waals surface area contributed by atoms with Gasteiger partial charge in [0, 0.05) is 29.5 Å². The van der Waals surface area contributed by atoms with Crippen LogP contribution < -0.4 is 0 Å². The highest BCUT2D eigenvalue weighted by molar-refractivity contribution is 5.92. The molecule has 0 amide bonds. The second-order valence-corrected chi connectivity index (χ2v) is 6.35. The molecule has 0 aliphatic heterocycles. The molecule has 122 valence electrons. The van der Waals surface area contributed by atoms with E-state index in [-0.39, 0.29) is 11.7 Å². The van der Waals surface area contributed by atoms with Crippen molar-refractivity contribution >= 4 is 16.8 Å². The van der Waals surface area contributed by atoms with Crippen LogP contribution >= 0.6 is 0 Å². The molecular weight excluding hydrogens is 302 g/mol. The van der Waals surface area contributed by atoms with Crippen molar-refractivity contribution in [1.29, 1.82) is 5.26 Å².